The Kier molecular flexibility index (Phi) is 4.25. The quantitative estimate of drug-likeness (QED) is 0.872. The van der Waals surface area contributed by atoms with Gasteiger partial charge in [0.05, 0.1) is 5.52 Å². The molecule has 1 aromatic heterocycles. The molecule has 1 aromatic carbocycles. The van der Waals surface area contributed by atoms with Crippen LogP contribution in [0.15, 0.2) is 27.4 Å². The maximum Gasteiger partial charge on any atom is 0.420 e. The van der Waals surface area contributed by atoms with Gasteiger partial charge in [0.2, 0.25) is 5.91 Å². The summed E-state index contributed by atoms with van der Waals surface area (Å²) in [4.78, 5) is 26.5. The van der Waals surface area contributed by atoms with Crippen LogP contribution in [0.3, 0.4) is 0 Å². The minimum Gasteiger partial charge on any atom is -0.408 e. The molecule has 0 bridgehead atoms. The SMILES string of the molecule is CC[C@@H]1CCCCN1C(=O)Cn1c(=O)oc2cc(Cl)ccc21. The zero-order valence-corrected chi connectivity index (χ0v) is 13.3. The molecule has 0 spiro atoms. The van der Waals surface area contributed by atoms with E-state index in [1.807, 2.05) is 4.90 Å². The summed E-state index contributed by atoms with van der Waals surface area (Å²) >= 11 is 5.90. The third-order valence-corrected chi connectivity index (χ3v) is 4.58. The average Bonchev–Trinajstić information content (AvgIpc) is 2.82. The predicted octanol–water partition coefficient (Wildman–Crippen LogP) is 3.04. The summed E-state index contributed by atoms with van der Waals surface area (Å²) in [7, 11) is 0. The molecule has 0 N–H and O–H groups in total. The number of halogens is 1. The summed E-state index contributed by atoms with van der Waals surface area (Å²) in [6, 6.07) is 5.28. The van der Waals surface area contributed by atoms with Gasteiger partial charge in [-0.2, -0.15) is 0 Å². The monoisotopic (exact) mass is 322 g/mol. The fourth-order valence-corrected chi connectivity index (χ4v) is 3.33. The lowest BCUT2D eigenvalue weighted by Gasteiger charge is -2.35. The number of oxazole rings is 1. The van der Waals surface area contributed by atoms with Crippen molar-refractivity contribution in [3.63, 3.8) is 0 Å². The van der Waals surface area contributed by atoms with E-state index >= 15 is 0 Å². The highest BCUT2D eigenvalue weighted by molar-refractivity contribution is 6.31. The van der Waals surface area contributed by atoms with Crippen molar-refractivity contribution in [2.75, 3.05) is 6.54 Å². The van der Waals surface area contributed by atoms with Gasteiger partial charge >= 0.3 is 5.76 Å². The van der Waals surface area contributed by atoms with E-state index in [4.69, 9.17) is 16.0 Å². The molecule has 2 aromatic rings. The van der Waals surface area contributed by atoms with Gasteiger partial charge in [-0.3, -0.25) is 9.36 Å². The first-order chi connectivity index (χ1) is 10.6. The molecule has 118 valence electrons. The first-order valence-electron chi connectivity index (χ1n) is 7.68. The average molecular weight is 323 g/mol. The number of amides is 1. The maximum absolute atomic E-state index is 12.6. The van der Waals surface area contributed by atoms with E-state index in [2.05, 4.69) is 6.92 Å². The minimum atomic E-state index is -0.518. The Balaban J connectivity index is 1.88. The Hall–Kier alpha value is -1.75. The van der Waals surface area contributed by atoms with Crippen LogP contribution in [0.5, 0.6) is 0 Å². The van der Waals surface area contributed by atoms with Gasteiger partial charge in [-0.15, -0.1) is 0 Å². The van der Waals surface area contributed by atoms with Crippen molar-refractivity contribution in [2.45, 2.75) is 45.2 Å². The lowest BCUT2D eigenvalue weighted by atomic mass is 10.00. The normalized spacial score (nSPS) is 18.8. The molecule has 0 radical (unpaired) electrons. The number of hydrogen-bond acceptors (Lipinski definition) is 3. The molecule has 0 aliphatic carbocycles. The topological polar surface area (TPSA) is 55.5 Å². The van der Waals surface area contributed by atoms with Crippen LogP contribution in [0, 0.1) is 0 Å². The first-order valence-corrected chi connectivity index (χ1v) is 8.06. The van der Waals surface area contributed by atoms with E-state index in [0.717, 1.165) is 32.2 Å². The third kappa shape index (κ3) is 2.77. The van der Waals surface area contributed by atoms with Gasteiger partial charge in [-0.1, -0.05) is 18.5 Å². The molecule has 6 heteroatoms. The molecule has 1 saturated heterocycles. The highest BCUT2D eigenvalue weighted by Crippen LogP contribution is 2.21. The van der Waals surface area contributed by atoms with Gasteiger partial charge in [-0.25, -0.2) is 4.79 Å². The largest absolute Gasteiger partial charge is 0.420 e. The van der Waals surface area contributed by atoms with Crippen molar-refractivity contribution in [3.8, 4) is 0 Å². The van der Waals surface area contributed by atoms with Crippen LogP contribution in [0.25, 0.3) is 11.1 Å². The van der Waals surface area contributed by atoms with Crippen LogP contribution >= 0.6 is 11.6 Å². The molecular formula is C16H19ClN2O3. The van der Waals surface area contributed by atoms with Crippen molar-refractivity contribution in [1.29, 1.82) is 0 Å². The van der Waals surface area contributed by atoms with E-state index in [1.54, 1.807) is 18.2 Å². The van der Waals surface area contributed by atoms with Crippen LogP contribution in [0.1, 0.15) is 32.6 Å². The number of likely N-dealkylation sites (tertiary alicyclic amines) is 1. The van der Waals surface area contributed by atoms with Crippen molar-refractivity contribution < 1.29 is 9.21 Å². The molecule has 1 aliphatic heterocycles. The van der Waals surface area contributed by atoms with Gasteiger partial charge in [0.1, 0.15) is 6.54 Å². The summed E-state index contributed by atoms with van der Waals surface area (Å²) in [5.74, 6) is -0.540. The highest BCUT2D eigenvalue weighted by atomic mass is 35.5. The van der Waals surface area contributed by atoms with Gasteiger partial charge in [-0.05, 0) is 37.8 Å². The Morgan fingerprint density at radius 1 is 1.41 bits per heavy atom. The van der Waals surface area contributed by atoms with Crippen LogP contribution in [-0.2, 0) is 11.3 Å². The third-order valence-electron chi connectivity index (χ3n) is 4.34. The second-order valence-corrected chi connectivity index (χ2v) is 6.15. The van der Waals surface area contributed by atoms with Crippen molar-refractivity contribution in [1.82, 2.24) is 9.47 Å². The summed E-state index contributed by atoms with van der Waals surface area (Å²) in [5.41, 5.74) is 1.02. The highest BCUT2D eigenvalue weighted by Gasteiger charge is 2.26. The number of rotatable bonds is 3. The van der Waals surface area contributed by atoms with E-state index in [-0.39, 0.29) is 18.5 Å². The van der Waals surface area contributed by atoms with Crippen LogP contribution in [-0.4, -0.2) is 28.0 Å². The molecule has 5 nitrogen and oxygen atoms in total. The Morgan fingerprint density at radius 2 is 2.23 bits per heavy atom. The Bertz CT molecular complexity index is 749. The van der Waals surface area contributed by atoms with Gasteiger partial charge < -0.3 is 9.32 Å². The molecule has 1 amide bonds. The molecule has 22 heavy (non-hydrogen) atoms. The van der Waals surface area contributed by atoms with Gasteiger partial charge in [0, 0.05) is 23.7 Å². The summed E-state index contributed by atoms with van der Waals surface area (Å²) in [5, 5.41) is 0.502. The number of fused-ring (bicyclic) bond motifs is 1. The maximum atomic E-state index is 12.6. The molecule has 1 fully saturated rings. The molecule has 0 unspecified atom stereocenters. The zero-order valence-electron chi connectivity index (χ0n) is 12.5. The fourth-order valence-electron chi connectivity index (χ4n) is 3.17. The van der Waals surface area contributed by atoms with Gasteiger partial charge in [0.15, 0.2) is 5.58 Å². The molecule has 1 atom stereocenters. The number of benzene rings is 1. The van der Waals surface area contributed by atoms with Gasteiger partial charge in [0.25, 0.3) is 0 Å². The van der Waals surface area contributed by atoms with Crippen LogP contribution in [0.4, 0.5) is 0 Å². The van der Waals surface area contributed by atoms with Crippen molar-refractivity contribution in [3.05, 3.63) is 33.8 Å². The zero-order chi connectivity index (χ0) is 15.7. The number of hydrogen-bond donors (Lipinski definition) is 0. The number of carbonyl (C=O) groups is 1. The predicted molar refractivity (Wildman–Crippen MR) is 85.1 cm³/mol. The molecule has 2 heterocycles. The second kappa shape index (κ2) is 6.16. The second-order valence-electron chi connectivity index (χ2n) is 5.71. The first kappa shape index (κ1) is 15.2. The molecular weight excluding hydrogens is 304 g/mol. The van der Waals surface area contributed by atoms with Crippen molar-refractivity contribution in [2.24, 2.45) is 0 Å². The number of piperidine rings is 1. The smallest absolute Gasteiger partial charge is 0.408 e. The van der Waals surface area contributed by atoms with E-state index in [0.29, 0.717) is 16.1 Å². The van der Waals surface area contributed by atoms with Crippen LogP contribution in [0.2, 0.25) is 5.02 Å². The number of aromatic nitrogens is 1. The lowest BCUT2D eigenvalue weighted by Crippen LogP contribution is -2.45. The summed E-state index contributed by atoms with van der Waals surface area (Å²) in [6.07, 6.45) is 4.18. The van der Waals surface area contributed by atoms with E-state index in [1.165, 1.54) is 4.57 Å². The van der Waals surface area contributed by atoms with E-state index < -0.39 is 5.76 Å². The molecule has 0 saturated carbocycles. The summed E-state index contributed by atoms with van der Waals surface area (Å²) < 4.78 is 6.56. The lowest BCUT2D eigenvalue weighted by molar-refractivity contribution is -0.135. The van der Waals surface area contributed by atoms with E-state index in [9.17, 15) is 9.59 Å². The van der Waals surface area contributed by atoms with Crippen molar-refractivity contribution >= 4 is 28.6 Å². The molecule has 3 rings (SSSR count). The Labute approximate surface area is 133 Å². The number of carbonyl (C=O) groups excluding carboxylic acids is 1. The summed E-state index contributed by atoms with van der Waals surface area (Å²) in [6.45, 7) is 2.88. The fraction of sp³-hybridized carbons (Fsp3) is 0.500. The Morgan fingerprint density at radius 3 is 3.00 bits per heavy atom. The van der Waals surface area contributed by atoms with Crippen LogP contribution < -0.4 is 5.76 Å². The molecule has 1 aliphatic rings. The standard InChI is InChI=1S/C16H19ClN2O3/c1-2-12-5-3-4-8-18(12)15(20)10-19-13-7-6-11(17)9-14(13)22-16(19)21/h6-7,9,12H,2-5,8,10H2,1H3/t12-/m1/s1. The number of nitrogens with zero attached hydrogens (tertiary/aromatic N) is 2. The minimum absolute atomic E-state index is 0.0178.